The smallest absolute Gasteiger partial charge is 0.410 e. The number of hydrogen-bond donors (Lipinski definition) is 1. The summed E-state index contributed by atoms with van der Waals surface area (Å²) in [7, 11) is 0. The van der Waals surface area contributed by atoms with Crippen LogP contribution in [0.4, 0.5) is 4.79 Å². The maximum Gasteiger partial charge on any atom is 0.410 e. The molecule has 0 bridgehead atoms. The van der Waals surface area contributed by atoms with E-state index in [0.717, 1.165) is 21.6 Å². The zero-order valence-corrected chi connectivity index (χ0v) is 18.7. The highest BCUT2D eigenvalue weighted by Gasteiger charge is 2.49. The number of amides is 1. The summed E-state index contributed by atoms with van der Waals surface area (Å²) in [5.74, 6) is 1.71. The Morgan fingerprint density at radius 3 is 2.29 bits per heavy atom. The first-order valence-corrected chi connectivity index (χ1v) is 10.1. The Morgan fingerprint density at radius 1 is 1.21 bits per heavy atom. The summed E-state index contributed by atoms with van der Waals surface area (Å²) in [4.78, 5) is 22.3. The number of ether oxygens (including phenoxy) is 1. The van der Waals surface area contributed by atoms with Crippen molar-refractivity contribution in [1.82, 2.24) is 14.9 Å². The van der Waals surface area contributed by atoms with Gasteiger partial charge in [-0.3, -0.25) is 4.90 Å². The summed E-state index contributed by atoms with van der Waals surface area (Å²) >= 11 is 3.45. The van der Waals surface area contributed by atoms with Gasteiger partial charge < -0.3 is 9.72 Å². The van der Waals surface area contributed by atoms with E-state index in [0.29, 0.717) is 18.4 Å². The van der Waals surface area contributed by atoms with Crippen LogP contribution < -0.4 is 0 Å². The number of imidazole rings is 1. The molecule has 0 radical (unpaired) electrons. The Morgan fingerprint density at radius 2 is 1.79 bits per heavy atom. The number of H-pyrrole nitrogens is 1. The van der Waals surface area contributed by atoms with Gasteiger partial charge in [0.15, 0.2) is 0 Å². The lowest BCUT2D eigenvalue weighted by Gasteiger charge is -2.27. The zero-order chi connectivity index (χ0) is 21.1. The molecule has 28 heavy (non-hydrogen) atoms. The van der Waals surface area contributed by atoms with Gasteiger partial charge in [0, 0.05) is 10.5 Å². The van der Waals surface area contributed by atoms with Gasteiger partial charge in [0.2, 0.25) is 0 Å². The monoisotopic (exact) mass is 445 g/mol. The number of hydrogen-bond acceptors (Lipinski definition) is 3. The molecule has 1 aromatic carbocycles. The molecule has 0 saturated heterocycles. The van der Waals surface area contributed by atoms with Crippen molar-refractivity contribution in [2.24, 2.45) is 11.8 Å². The molecule has 0 spiro atoms. The van der Waals surface area contributed by atoms with Gasteiger partial charge in [-0.1, -0.05) is 41.9 Å². The molecule has 2 aromatic rings. The van der Waals surface area contributed by atoms with Crippen LogP contribution in [0.5, 0.6) is 0 Å². The average molecular weight is 446 g/mol. The number of carbonyl (C=O) groups excluding carboxylic acids is 1. The van der Waals surface area contributed by atoms with Gasteiger partial charge in [-0.15, -0.1) is 12.8 Å². The molecular weight excluding hydrogens is 418 g/mol. The number of aromatic amines is 1. The van der Waals surface area contributed by atoms with Gasteiger partial charge in [-0.05, 0) is 50.3 Å². The number of carbonyl (C=O) groups is 1. The van der Waals surface area contributed by atoms with Crippen molar-refractivity contribution in [1.29, 1.82) is 0 Å². The van der Waals surface area contributed by atoms with E-state index in [1.54, 1.807) is 0 Å². The normalized spacial score (nSPS) is 20.6. The number of nitrogens with zero attached hydrogens (tertiary/aromatic N) is 2. The van der Waals surface area contributed by atoms with E-state index in [9.17, 15) is 4.79 Å². The molecule has 3 atom stereocenters. The molecule has 1 amide bonds. The lowest BCUT2D eigenvalue weighted by molar-refractivity contribution is 0.0195. The fraction of sp³-hybridized carbons (Fsp3) is 0.455. The second-order valence-corrected chi connectivity index (χ2v) is 8.98. The Hall–Kier alpha value is -2.26. The van der Waals surface area contributed by atoms with Crippen molar-refractivity contribution in [3.8, 4) is 24.1 Å². The highest BCUT2D eigenvalue weighted by Crippen LogP contribution is 2.43. The Labute approximate surface area is 176 Å². The minimum absolute atomic E-state index is 0.200. The number of rotatable bonds is 4. The second kappa shape index (κ2) is 8.83. The highest BCUT2D eigenvalue weighted by molar-refractivity contribution is 9.10. The molecule has 1 fully saturated rings. The SMILES string of the molecule is C#C.CC1C(N(Cc2ncc(-c3ccc(Br)cc3)[nH]2)C(=O)OC(C)(C)C)[C@@H]1C. The molecule has 150 valence electrons. The first-order valence-electron chi connectivity index (χ1n) is 9.28. The number of aromatic nitrogens is 2. The van der Waals surface area contributed by atoms with E-state index in [4.69, 9.17) is 4.74 Å². The Balaban J connectivity index is 0.00000136. The molecule has 1 aliphatic carbocycles. The van der Waals surface area contributed by atoms with E-state index in [1.807, 2.05) is 56.1 Å². The summed E-state index contributed by atoms with van der Waals surface area (Å²) in [6.07, 6.45) is 9.53. The topological polar surface area (TPSA) is 58.2 Å². The summed E-state index contributed by atoms with van der Waals surface area (Å²) in [6, 6.07) is 8.24. The highest BCUT2D eigenvalue weighted by atomic mass is 79.9. The summed E-state index contributed by atoms with van der Waals surface area (Å²) < 4.78 is 6.65. The molecule has 1 N–H and O–H groups in total. The van der Waals surface area contributed by atoms with Gasteiger partial charge >= 0.3 is 6.09 Å². The van der Waals surface area contributed by atoms with Gasteiger partial charge in [-0.25, -0.2) is 9.78 Å². The Kier molecular flexibility index (Phi) is 6.95. The van der Waals surface area contributed by atoms with Crippen LogP contribution in [0.15, 0.2) is 34.9 Å². The van der Waals surface area contributed by atoms with E-state index in [2.05, 4.69) is 52.6 Å². The molecular formula is C22H28BrN3O2. The summed E-state index contributed by atoms with van der Waals surface area (Å²) in [5, 5.41) is 0. The first-order chi connectivity index (χ1) is 13.2. The third kappa shape index (κ3) is 5.39. The lowest BCUT2D eigenvalue weighted by atomic mass is 10.2. The van der Waals surface area contributed by atoms with Crippen LogP contribution in [-0.2, 0) is 11.3 Å². The van der Waals surface area contributed by atoms with Crippen molar-refractivity contribution in [2.75, 3.05) is 0 Å². The first kappa shape index (κ1) is 22.0. The predicted molar refractivity (Wildman–Crippen MR) is 116 cm³/mol. The fourth-order valence-corrected chi connectivity index (χ4v) is 3.46. The lowest BCUT2D eigenvalue weighted by Crippen LogP contribution is -2.39. The number of terminal acetylenes is 1. The van der Waals surface area contributed by atoms with Gasteiger partial charge in [0.05, 0.1) is 18.4 Å². The largest absolute Gasteiger partial charge is 0.444 e. The van der Waals surface area contributed by atoms with Gasteiger partial charge in [0.1, 0.15) is 11.4 Å². The van der Waals surface area contributed by atoms with E-state index in [-0.39, 0.29) is 12.1 Å². The number of nitrogens with one attached hydrogen (secondary N) is 1. The van der Waals surface area contributed by atoms with Crippen LogP contribution in [0.25, 0.3) is 11.3 Å². The second-order valence-electron chi connectivity index (χ2n) is 8.07. The van der Waals surface area contributed by atoms with Gasteiger partial charge in [0.25, 0.3) is 0 Å². The maximum absolute atomic E-state index is 12.7. The van der Waals surface area contributed by atoms with Crippen LogP contribution in [0.3, 0.4) is 0 Å². The van der Waals surface area contributed by atoms with Gasteiger partial charge in [-0.2, -0.15) is 0 Å². The number of benzene rings is 1. The maximum atomic E-state index is 12.7. The van der Waals surface area contributed by atoms with Crippen molar-refractivity contribution < 1.29 is 9.53 Å². The molecule has 1 aromatic heterocycles. The average Bonchev–Trinajstić information content (AvgIpc) is 3.02. The fourth-order valence-electron chi connectivity index (χ4n) is 3.20. The molecule has 6 heteroatoms. The van der Waals surface area contributed by atoms with E-state index >= 15 is 0 Å². The van der Waals surface area contributed by atoms with Crippen LogP contribution in [0.2, 0.25) is 0 Å². The van der Waals surface area contributed by atoms with Crippen molar-refractivity contribution in [3.05, 3.63) is 40.8 Å². The van der Waals surface area contributed by atoms with Crippen LogP contribution >= 0.6 is 15.9 Å². The predicted octanol–water partition coefficient (Wildman–Crippen LogP) is 5.48. The molecule has 1 saturated carbocycles. The molecule has 1 heterocycles. The number of halogens is 1. The van der Waals surface area contributed by atoms with Crippen molar-refractivity contribution in [2.45, 2.75) is 52.8 Å². The van der Waals surface area contributed by atoms with Crippen molar-refractivity contribution in [3.63, 3.8) is 0 Å². The Bertz CT molecular complexity index is 812. The van der Waals surface area contributed by atoms with Crippen molar-refractivity contribution >= 4 is 22.0 Å². The summed E-state index contributed by atoms with van der Waals surface area (Å²) in [5.41, 5.74) is 1.49. The minimum Gasteiger partial charge on any atom is -0.444 e. The zero-order valence-electron chi connectivity index (χ0n) is 17.1. The molecule has 5 nitrogen and oxygen atoms in total. The van der Waals surface area contributed by atoms with E-state index < -0.39 is 5.60 Å². The molecule has 3 rings (SSSR count). The molecule has 0 aliphatic heterocycles. The summed E-state index contributed by atoms with van der Waals surface area (Å²) in [6.45, 7) is 10.4. The molecule has 2 unspecified atom stereocenters. The third-order valence-electron chi connectivity index (χ3n) is 4.86. The minimum atomic E-state index is -0.511. The van der Waals surface area contributed by atoms with Crippen LogP contribution in [0.1, 0.15) is 40.4 Å². The van der Waals surface area contributed by atoms with Crippen LogP contribution in [0, 0.1) is 24.7 Å². The quantitative estimate of drug-likeness (QED) is 0.633. The van der Waals surface area contributed by atoms with Crippen LogP contribution in [-0.4, -0.2) is 32.6 Å². The third-order valence-corrected chi connectivity index (χ3v) is 5.39. The van der Waals surface area contributed by atoms with E-state index in [1.165, 1.54) is 0 Å². The standard InChI is InChI=1S/C20H26BrN3O2.C2H2/c1-12-13(2)18(12)24(19(25)26-20(3,4)5)11-17-22-10-16(23-17)14-6-8-15(21)9-7-14;1-2/h6-10,12-13,18H,11H2,1-5H3,(H,22,23);1-2H/t12-,13?,18?;/m1./s1. The molecule has 1 aliphatic rings.